The van der Waals surface area contributed by atoms with Gasteiger partial charge in [-0.3, -0.25) is 0 Å². The highest BCUT2D eigenvalue weighted by Crippen LogP contribution is 2.38. The van der Waals surface area contributed by atoms with Crippen LogP contribution in [0.4, 0.5) is 0 Å². The van der Waals surface area contributed by atoms with Gasteiger partial charge in [-0.2, -0.15) is 11.8 Å². The highest BCUT2D eigenvalue weighted by molar-refractivity contribution is 7.97. The maximum absolute atomic E-state index is 10.8. The van der Waals surface area contributed by atoms with Crippen molar-refractivity contribution in [3.63, 3.8) is 0 Å². The average molecular weight is 337 g/mol. The summed E-state index contributed by atoms with van der Waals surface area (Å²) in [4.78, 5) is 4.76. The van der Waals surface area contributed by atoms with Crippen LogP contribution in [0, 0.1) is 0 Å². The molecule has 0 unspecified atom stereocenters. The minimum atomic E-state index is 0.0203. The minimum absolute atomic E-state index is 0.0203. The Balaban J connectivity index is 2.22. The lowest BCUT2D eigenvalue weighted by Gasteiger charge is -2.22. The Morgan fingerprint density at radius 3 is 2.50 bits per heavy atom. The van der Waals surface area contributed by atoms with Crippen LogP contribution in [0.1, 0.15) is 31.9 Å². The summed E-state index contributed by atoms with van der Waals surface area (Å²) in [5.74, 6) is 1.14. The molecule has 0 spiro atoms. The second-order valence-electron chi connectivity index (χ2n) is 7.10. The summed E-state index contributed by atoms with van der Waals surface area (Å²) in [7, 11) is 0. The average Bonchev–Trinajstić information content (AvgIpc) is 2.55. The first-order valence-corrected chi connectivity index (χ1v) is 9.51. The van der Waals surface area contributed by atoms with E-state index in [4.69, 9.17) is 4.98 Å². The van der Waals surface area contributed by atoms with E-state index < -0.39 is 0 Å². The number of para-hydroxylation sites is 1. The second-order valence-corrected chi connectivity index (χ2v) is 7.97. The third-order valence-electron chi connectivity index (χ3n) is 4.23. The van der Waals surface area contributed by atoms with Crippen molar-refractivity contribution in [2.45, 2.75) is 31.9 Å². The number of thioether (sulfide) groups is 1. The molecule has 0 amide bonds. The lowest BCUT2D eigenvalue weighted by molar-refractivity contribution is 0.471. The van der Waals surface area contributed by atoms with Crippen LogP contribution in [0.2, 0.25) is 0 Å². The number of nitrogens with zero attached hydrogens (tertiary/aromatic N) is 1. The van der Waals surface area contributed by atoms with Gasteiger partial charge in [-0.25, -0.2) is 4.98 Å². The first-order valence-electron chi connectivity index (χ1n) is 8.11. The molecule has 1 N–H and O–H groups in total. The van der Waals surface area contributed by atoms with Crippen molar-refractivity contribution in [1.82, 2.24) is 4.98 Å². The molecule has 124 valence electrons. The first kappa shape index (κ1) is 16.8. The number of fused-ring (bicyclic) bond motifs is 1. The summed E-state index contributed by atoms with van der Waals surface area (Å²) in [5.41, 5.74) is 4.79. The van der Waals surface area contributed by atoms with E-state index in [0.717, 1.165) is 33.5 Å². The van der Waals surface area contributed by atoms with Gasteiger partial charge in [0.1, 0.15) is 5.75 Å². The van der Waals surface area contributed by atoms with E-state index in [2.05, 4.69) is 51.3 Å². The molecule has 0 aliphatic rings. The number of hydrogen-bond donors (Lipinski definition) is 1. The molecule has 0 saturated carbocycles. The molecule has 2 nitrogen and oxygen atoms in total. The molecule has 3 heteroatoms. The Hall–Kier alpha value is -2.00. The fourth-order valence-corrected chi connectivity index (χ4v) is 3.34. The van der Waals surface area contributed by atoms with Crippen LogP contribution in [0.25, 0.3) is 22.2 Å². The molecule has 2 aromatic carbocycles. The van der Waals surface area contributed by atoms with Crippen LogP contribution in [0.15, 0.2) is 48.5 Å². The van der Waals surface area contributed by atoms with Gasteiger partial charge in [0.15, 0.2) is 0 Å². The van der Waals surface area contributed by atoms with Crippen LogP contribution < -0.4 is 0 Å². The smallest absolute Gasteiger partial charge is 0.129 e. The van der Waals surface area contributed by atoms with Crippen molar-refractivity contribution in [3.05, 3.63) is 59.7 Å². The molecule has 1 heterocycles. The van der Waals surface area contributed by atoms with Crippen LogP contribution >= 0.6 is 11.8 Å². The Morgan fingerprint density at radius 1 is 1.04 bits per heavy atom. The topological polar surface area (TPSA) is 33.1 Å². The van der Waals surface area contributed by atoms with Crippen molar-refractivity contribution in [2.75, 3.05) is 6.26 Å². The van der Waals surface area contributed by atoms with Crippen LogP contribution in [0.5, 0.6) is 5.75 Å². The van der Waals surface area contributed by atoms with Gasteiger partial charge in [0.25, 0.3) is 0 Å². The molecule has 1 aromatic heterocycles. The van der Waals surface area contributed by atoms with Gasteiger partial charge in [-0.05, 0) is 35.4 Å². The molecule has 24 heavy (non-hydrogen) atoms. The van der Waals surface area contributed by atoms with Crippen molar-refractivity contribution < 1.29 is 5.11 Å². The largest absolute Gasteiger partial charge is 0.507 e. The zero-order valence-electron chi connectivity index (χ0n) is 14.6. The van der Waals surface area contributed by atoms with Gasteiger partial charge in [0.05, 0.1) is 11.2 Å². The van der Waals surface area contributed by atoms with Crippen molar-refractivity contribution >= 4 is 22.7 Å². The molecule has 0 saturated heterocycles. The number of phenolic OH excluding ortho intramolecular Hbond substituents is 1. The van der Waals surface area contributed by atoms with E-state index in [1.54, 1.807) is 11.8 Å². The molecule has 0 atom stereocenters. The number of pyridine rings is 1. The monoisotopic (exact) mass is 337 g/mol. The standard InChI is InChI=1S/C21H23NOS/c1-21(2,3)16-11-15(13-24-4)20(23)17(12-16)19-10-9-14-7-5-6-8-18(14)22-19/h5-12,23H,13H2,1-4H3. The van der Waals surface area contributed by atoms with Crippen LogP contribution in [-0.2, 0) is 11.2 Å². The zero-order valence-corrected chi connectivity index (χ0v) is 15.4. The number of phenols is 1. The third-order valence-corrected chi connectivity index (χ3v) is 4.83. The predicted molar refractivity (Wildman–Crippen MR) is 105 cm³/mol. The summed E-state index contributed by atoms with van der Waals surface area (Å²) in [6, 6.07) is 16.3. The SMILES string of the molecule is CSCc1cc(C(C)(C)C)cc(-c2ccc3ccccc3n2)c1O. The number of aromatic nitrogens is 1. The van der Waals surface area contributed by atoms with Gasteiger partial charge < -0.3 is 5.11 Å². The fourth-order valence-electron chi connectivity index (χ4n) is 2.80. The van der Waals surface area contributed by atoms with Crippen LogP contribution in [0.3, 0.4) is 0 Å². The van der Waals surface area contributed by atoms with Gasteiger partial charge in [-0.15, -0.1) is 0 Å². The Labute approximate surface area is 147 Å². The Kier molecular flexibility index (Phi) is 4.55. The highest BCUT2D eigenvalue weighted by atomic mass is 32.2. The molecule has 0 radical (unpaired) electrons. The number of rotatable bonds is 3. The first-order chi connectivity index (χ1) is 11.4. The highest BCUT2D eigenvalue weighted by Gasteiger charge is 2.20. The Bertz CT molecular complexity index is 881. The summed E-state index contributed by atoms with van der Waals surface area (Å²) in [5, 5.41) is 11.9. The van der Waals surface area contributed by atoms with E-state index in [0.29, 0.717) is 5.75 Å². The molecule has 0 bridgehead atoms. The van der Waals surface area contributed by atoms with Crippen molar-refractivity contribution in [1.29, 1.82) is 0 Å². The Morgan fingerprint density at radius 2 is 1.79 bits per heavy atom. The van der Waals surface area contributed by atoms with Gasteiger partial charge in [-0.1, -0.05) is 51.1 Å². The summed E-state index contributed by atoms with van der Waals surface area (Å²) in [6.45, 7) is 6.58. The third kappa shape index (κ3) is 3.27. The molecule has 3 aromatic rings. The number of benzene rings is 2. The molecule has 0 aliphatic heterocycles. The molecule has 0 fully saturated rings. The van der Waals surface area contributed by atoms with Gasteiger partial charge >= 0.3 is 0 Å². The van der Waals surface area contributed by atoms with E-state index in [1.165, 1.54) is 5.56 Å². The van der Waals surface area contributed by atoms with Gasteiger partial charge in [0, 0.05) is 22.3 Å². The molecular formula is C21H23NOS. The van der Waals surface area contributed by atoms with Crippen LogP contribution in [-0.4, -0.2) is 16.3 Å². The summed E-state index contributed by atoms with van der Waals surface area (Å²) >= 11 is 1.71. The van der Waals surface area contributed by atoms with Crippen molar-refractivity contribution in [2.24, 2.45) is 0 Å². The molecule has 0 aliphatic carbocycles. The number of aromatic hydroxyl groups is 1. The van der Waals surface area contributed by atoms with E-state index in [-0.39, 0.29) is 5.41 Å². The number of hydrogen-bond acceptors (Lipinski definition) is 3. The quantitative estimate of drug-likeness (QED) is 0.659. The van der Waals surface area contributed by atoms with E-state index in [9.17, 15) is 5.11 Å². The lowest BCUT2D eigenvalue weighted by Crippen LogP contribution is -2.12. The maximum atomic E-state index is 10.8. The second kappa shape index (κ2) is 6.48. The normalized spacial score (nSPS) is 11.8. The summed E-state index contributed by atoms with van der Waals surface area (Å²) < 4.78 is 0. The minimum Gasteiger partial charge on any atom is -0.507 e. The van der Waals surface area contributed by atoms with E-state index in [1.807, 2.05) is 24.3 Å². The lowest BCUT2D eigenvalue weighted by atomic mass is 9.84. The predicted octanol–water partition coefficient (Wildman–Crippen LogP) is 5.77. The van der Waals surface area contributed by atoms with Crippen molar-refractivity contribution in [3.8, 4) is 17.0 Å². The van der Waals surface area contributed by atoms with E-state index >= 15 is 0 Å². The molecular weight excluding hydrogens is 314 g/mol. The zero-order chi connectivity index (χ0) is 17.3. The fraction of sp³-hybridized carbons (Fsp3) is 0.286. The summed E-state index contributed by atoms with van der Waals surface area (Å²) in [6.07, 6.45) is 2.05. The maximum Gasteiger partial charge on any atom is 0.129 e. The van der Waals surface area contributed by atoms with Gasteiger partial charge in [0.2, 0.25) is 0 Å². The molecule has 3 rings (SSSR count).